The molecule has 2 nitrogen and oxygen atoms in total. The molecule has 1 aromatic heterocycles. The average molecular weight is 347 g/mol. The van der Waals surface area contributed by atoms with Gasteiger partial charge in [-0.25, -0.2) is 0 Å². The maximum Gasteiger partial charge on any atom is 0.0682 e. The Hall–Kier alpha value is -1.77. The van der Waals surface area contributed by atoms with E-state index in [0.29, 0.717) is 0 Å². The van der Waals surface area contributed by atoms with Gasteiger partial charge in [0.15, 0.2) is 0 Å². The van der Waals surface area contributed by atoms with Crippen LogP contribution in [0.4, 0.5) is 0 Å². The molecule has 23 heavy (non-hydrogen) atoms. The van der Waals surface area contributed by atoms with Crippen molar-refractivity contribution < 1.29 is 0 Å². The zero-order valence-corrected chi connectivity index (χ0v) is 14.6. The average Bonchev–Trinajstić information content (AvgIpc) is 2.55. The molecule has 3 rings (SSSR count). The number of fused-ring (bicyclic) bond motifs is 1. The molecule has 0 N–H and O–H groups in total. The van der Waals surface area contributed by atoms with Crippen molar-refractivity contribution in [2.45, 2.75) is 19.9 Å². The van der Waals surface area contributed by atoms with E-state index in [4.69, 9.17) is 11.6 Å². The first-order chi connectivity index (χ1) is 10.8. The second-order valence-corrected chi connectivity index (χ2v) is 5.79. The molecule has 2 aromatic carbocycles. The topological polar surface area (TPSA) is 17.3 Å². The van der Waals surface area contributed by atoms with E-state index in [0.717, 1.165) is 40.8 Å². The number of pyridine rings is 1. The lowest BCUT2D eigenvalue weighted by Crippen LogP contribution is -2.11. The van der Waals surface area contributed by atoms with Crippen molar-refractivity contribution in [2.75, 3.05) is 6.54 Å². The standard InChI is InChI=1S/C19H19ClN2.ClH/c1-2-11-21-18-10-12-22(14-15-6-4-3-5-7-15)19-13-16(20)8-9-17(18)19;/h3-10,12-13H,2,11,14H2,1H3;1H. The fourth-order valence-electron chi connectivity index (χ4n) is 2.58. The summed E-state index contributed by atoms with van der Waals surface area (Å²) < 4.78 is 2.22. The van der Waals surface area contributed by atoms with Gasteiger partial charge in [0.2, 0.25) is 0 Å². The van der Waals surface area contributed by atoms with Crippen LogP contribution in [0.2, 0.25) is 5.02 Å². The van der Waals surface area contributed by atoms with Gasteiger partial charge in [0.1, 0.15) is 0 Å². The molecule has 0 unspecified atom stereocenters. The summed E-state index contributed by atoms with van der Waals surface area (Å²) in [5.41, 5.74) is 2.39. The third kappa shape index (κ3) is 4.15. The Labute approximate surface area is 147 Å². The predicted octanol–water partition coefficient (Wildman–Crippen LogP) is 5.08. The minimum absolute atomic E-state index is 0. The van der Waals surface area contributed by atoms with Crippen LogP contribution in [-0.2, 0) is 6.54 Å². The molecule has 0 fully saturated rings. The summed E-state index contributed by atoms with van der Waals surface area (Å²) in [4.78, 5) is 4.67. The van der Waals surface area contributed by atoms with Crippen molar-refractivity contribution in [3.63, 3.8) is 0 Å². The van der Waals surface area contributed by atoms with Crippen LogP contribution in [0, 0.1) is 0 Å². The van der Waals surface area contributed by atoms with Crippen LogP contribution in [0.25, 0.3) is 10.9 Å². The van der Waals surface area contributed by atoms with Gasteiger partial charge in [0.25, 0.3) is 0 Å². The van der Waals surface area contributed by atoms with E-state index in [-0.39, 0.29) is 12.4 Å². The van der Waals surface area contributed by atoms with Crippen molar-refractivity contribution in [1.29, 1.82) is 0 Å². The lowest BCUT2D eigenvalue weighted by molar-refractivity contribution is 0.822. The number of benzene rings is 2. The van der Waals surface area contributed by atoms with Crippen LogP contribution in [0.15, 0.2) is 65.8 Å². The number of halogens is 2. The fourth-order valence-corrected chi connectivity index (χ4v) is 2.74. The van der Waals surface area contributed by atoms with Crippen LogP contribution in [0.5, 0.6) is 0 Å². The highest BCUT2D eigenvalue weighted by Gasteiger charge is 2.03. The van der Waals surface area contributed by atoms with Crippen LogP contribution in [0.3, 0.4) is 0 Å². The molecule has 0 saturated heterocycles. The van der Waals surface area contributed by atoms with E-state index < -0.39 is 0 Å². The van der Waals surface area contributed by atoms with E-state index in [1.54, 1.807) is 0 Å². The summed E-state index contributed by atoms with van der Waals surface area (Å²) >= 11 is 6.21. The van der Waals surface area contributed by atoms with Gasteiger partial charge in [0, 0.05) is 29.7 Å². The molecule has 3 aromatic rings. The lowest BCUT2D eigenvalue weighted by Gasteiger charge is -2.12. The number of nitrogens with zero attached hydrogens (tertiary/aromatic N) is 2. The molecule has 0 radical (unpaired) electrons. The zero-order valence-electron chi connectivity index (χ0n) is 13.1. The summed E-state index contributed by atoms with van der Waals surface area (Å²) in [5, 5.41) is 2.94. The van der Waals surface area contributed by atoms with Gasteiger partial charge >= 0.3 is 0 Å². The molecule has 1 heterocycles. The maximum absolute atomic E-state index is 6.21. The Kier molecular flexibility index (Phi) is 6.26. The Morgan fingerprint density at radius 1 is 1.04 bits per heavy atom. The molecule has 0 spiro atoms. The summed E-state index contributed by atoms with van der Waals surface area (Å²) in [6.07, 6.45) is 3.15. The molecular weight excluding hydrogens is 327 g/mol. The van der Waals surface area contributed by atoms with Gasteiger partial charge < -0.3 is 4.57 Å². The number of hydrogen-bond acceptors (Lipinski definition) is 1. The van der Waals surface area contributed by atoms with E-state index in [2.05, 4.69) is 59.1 Å². The molecule has 0 aliphatic carbocycles. The summed E-state index contributed by atoms with van der Waals surface area (Å²) in [6, 6.07) is 18.5. The van der Waals surface area contributed by atoms with Crippen LogP contribution in [-0.4, -0.2) is 11.1 Å². The van der Waals surface area contributed by atoms with Gasteiger partial charge in [-0.1, -0.05) is 48.9 Å². The third-order valence-electron chi connectivity index (χ3n) is 3.66. The zero-order chi connectivity index (χ0) is 15.4. The molecule has 0 saturated carbocycles. The predicted molar refractivity (Wildman–Crippen MR) is 100 cm³/mol. The monoisotopic (exact) mass is 346 g/mol. The van der Waals surface area contributed by atoms with E-state index in [1.165, 1.54) is 5.56 Å². The van der Waals surface area contributed by atoms with E-state index in [9.17, 15) is 0 Å². The summed E-state index contributed by atoms with van der Waals surface area (Å²) in [7, 11) is 0. The second kappa shape index (κ2) is 8.19. The summed E-state index contributed by atoms with van der Waals surface area (Å²) in [5.74, 6) is 0. The fraction of sp³-hybridized carbons (Fsp3) is 0.211. The molecule has 0 aliphatic heterocycles. The molecule has 0 atom stereocenters. The normalized spacial score (nSPS) is 11.5. The van der Waals surface area contributed by atoms with Gasteiger partial charge in [-0.15, -0.1) is 12.4 Å². The second-order valence-electron chi connectivity index (χ2n) is 5.36. The Bertz CT molecular complexity index is 839. The highest BCUT2D eigenvalue weighted by atomic mass is 35.5. The minimum atomic E-state index is 0. The SMILES string of the molecule is CCCN=c1ccn(Cc2ccccc2)c2cc(Cl)ccc12.Cl. The van der Waals surface area contributed by atoms with Crippen molar-refractivity contribution in [1.82, 2.24) is 4.57 Å². The quantitative estimate of drug-likeness (QED) is 0.627. The Morgan fingerprint density at radius 2 is 1.83 bits per heavy atom. The molecule has 120 valence electrons. The van der Waals surface area contributed by atoms with Gasteiger partial charge in [-0.3, -0.25) is 4.99 Å². The van der Waals surface area contributed by atoms with Gasteiger partial charge in [-0.05, 0) is 36.2 Å². The first-order valence-corrected chi connectivity index (χ1v) is 7.99. The van der Waals surface area contributed by atoms with Gasteiger partial charge in [-0.2, -0.15) is 0 Å². The Morgan fingerprint density at radius 3 is 2.57 bits per heavy atom. The van der Waals surface area contributed by atoms with Crippen LogP contribution in [0.1, 0.15) is 18.9 Å². The van der Waals surface area contributed by atoms with Crippen molar-refractivity contribution in [3.8, 4) is 0 Å². The molecule has 0 bridgehead atoms. The number of rotatable bonds is 4. The molecule has 0 amide bonds. The third-order valence-corrected chi connectivity index (χ3v) is 3.89. The van der Waals surface area contributed by atoms with Crippen LogP contribution >= 0.6 is 24.0 Å². The lowest BCUT2D eigenvalue weighted by atomic mass is 10.1. The smallest absolute Gasteiger partial charge is 0.0682 e. The largest absolute Gasteiger partial charge is 0.343 e. The highest BCUT2D eigenvalue weighted by molar-refractivity contribution is 6.31. The number of hydrogen-bond donors (Lipinski definition) is 0. The van der Waals surface area contributed by atoms with Crippen molar-refractivity contribution >= 4 is 34.9 Å². The first kappa shape index (κ1) is 17.6. The molecule has 0 aliphatic rings. The molecule has 4 heteroatoms. The highest BCUT2D eigenvalue weighted by Crippen LogP contribution is 2.18. The molecular formula is C19H20Cl2N2. The van der Waals surface area contributed by atoms with E-state index >= 15 is 0 Å². The van der Waals surface area contributed by atoms with E-state index in [1.807, 2.05) is 18.2 Å². The first-order valence-electron chi connectivity index (χ1n) is 7.61. The van der Waals surface area contributed by atoms with Crippen molar-refractivity contribution in [2.24, 2.45) is 4.99 Å². The van der Waals surface area contributed by atoms with Crippen molar-refractivity contribution in [3.05, 3.63) is 76.7 Å². The van der Waals surface area contributed by atoms with Gasteiger partial charge in [0.05, 0.1) is 10.9 Å². The minimum Gasteiger partial charge on any atom is -0.343 e. The van der Waals surface area contributed by atoms with Crippen LogP contribution < -0.4 is 5.36 Å². The maximum atomic E-state index is 6.21. The summed E-state index contributed by atoms with van der Waals surface area (Å²) in [6.45, 7) is 3.81. The Balaban J connectivity index is 0.00000192. The number of aromatic nitrogens is 1.